The summed E-state index contributed by atoms with van der Waals surface area (Å²) in [5.74, 6) is -0.371. The van der Waals surface area contributed by atoms with Gasteiger partial charge in [-0.2, -0.15) is 0 Å². The average Bonchev–Trinajstić information content (AvgIpc) is 2.29. The minimum absolute atomic E-state index is 0.158. The highest BCUT2D eigenvalue weighted by molar-refractivity contribution is 5.89. The van der Waals surface area contributed by atoms with E-state index in [0.29, 0.717) is 17.7 Å². The molecule has 0 fully saturated rings. The van der Waals surface area contributed by atoms with Crippen LogP contribution in [0.25, 0.3) is 0 Å². The van der Waals surface area contributed by atoms with Crippen molar-refractivity contribution in [3.63, 3.8) is 0 Å². The predicted octanol–water partition coefficient (Wildman–Crippen LogP) is 2.77. The van der Waals surface area contributed by atoms with Gasteiger partial charge in [0.25, 0.3) is 0 Å². The molecule has 0 aromatic heterocycles. The van der Waals surface area contributed by atoms with E-state index in [1.807, 2.05) is 6.92 Å². The first-order chi connectivity index (χ1) is 8.52. The van der Waals surface area contributed by atoms with E-state index in [1.54, 1.807) is 38.1 Å². The first kappa shape index (κ1) is 14.2. The van der Waals surface area contributed by atoms with E-state index < -0.39 is 5.97 Å². The van der Waals surface area contributed by atoms with Crippen LogP contribution in [0.1, 0.15) is 37.6 Å². The molecule has 4 nitrogen and oxygen atoms in total. The summed E-state index contributed by atoms with van der Waals surface area (Å²) in [7, 11) is 0. The van der Waals surface area contributed by atoms with Gasteiger partial charge in [-0.25, -0.2) is 4.79 Å². The fourth-order valence-corrected chi connectivity index (χ4v) is 1.27. The summed E-state index contributed by atoms with van der Waals surface area (Å²) in [6, 6.07) is 6.27. The highest BCUT2D eigenvalue weighted by Crippen LogP contribution is 2.14. The van der Waals surface area contributed by atoms with E-state index in [2.05, 4.69) is 0 Å². The van der Waals surface area contributed by atoms with Crippen molar-refractivity contribution in [2.45, 2.75) is 33.3 Å². The number of carbonyl (C=O) groups excluding carboxylic acids is 2. The second-order valence-electron chi connectivity index (χ2n) is 4.01. The number of benzene rings is 1. The zero-order valence-corrected chi connectivity index (χ0v) is 10.8. The van der Waals surface area contributed by atoms with E-state index in [-0.39, 0.29) is 12.1 Å². The lowest BCUT2D eigenvalue weighted by Gasteiger charge is -2.08. The smallest absolute Gasteiger partial charge is 0.338 e. The van der Waals surface area contributed by atoms with E-state index >= 15 is 0 Å². The summed E-state index contributed by atoms with van der Waals surface area (Å²) in [6.07, 6.45) is 1.91. The van der Waals surface area contributed by atoms with Crippen molar-refractivity contribution in [3.8, 4) is 5.75 Å². The third kappa shape index (κ3) is 4.57. The quantitative estimate of drug-likeness (QED) is 0.594. The molecule has 0 spiro atoms. The molecule has 0 aliphatic carbocycles. The van der Waals surface area contributed by atoms with Crippen LogP contribution in [0.5, 0.6) is 5.75 Å². The van der Waals surface area contributed by atoms with Crippen LogP contribution in [0.2, 0.25) is 0 Å². The molecule has 0 atom stereocenters. The van der Waals surface area contributed by atoms with Gasteiger partial charge in [0.05, 0.1) is 18.1 Å². The Labute approximate surface area is 107 Å². The van der Waals surface area contributed by atoms with Crippen molar-refractivity contribution in [2.75, 3.05) is 0 Å². The number of rotatable bonds is 5. The van der Waals surface area contributed by atoms with Crippen molar-refractivity contribution in [3.05, 3.63) is 36.2 Å². The molecule has 1 radical (unpaired) electrons. The van der Waals surface area contributed by atoms with Crippen LogP contribution in [0, 0.1) is 6.42 Å². The zero-order valence-electron chi connectivity index (χ0n) is 10.8. The van der Waals surface area contributed by atoms with Gasteiger partial charge in [0.15, 0.2) is 0 Å². The largest absolute Gasteiger partial charge is 0.459 e. The van der Waals surface area contributed by atoms with Gasteiger partial charge < -0.3 is 9.47 Å². The van der Waals surface area contributed by atoms with Crippen molar-refractivity contribution in [1.82, 2.24) is 0 Å². The summed E-state index contributed by atoms with van der Waals surface area (Å²) in [5.41, 5.74) is 0.433. The fourth-order valence-electron chi connectivity index (χ4n) is 1.27. The summed E-state index contributed by atoms with van der Waals surface area (Å²) in [4.78, 5) is 22.8. The van der Waals surface area contributed by atoms with Crippen LogP contribution < -0.4 is 4.74 Å². The molecule has 0 saturated carbocycles. The minimum atomic E-state index is -0.394. The Hall–Kier alpha value is -1.84. The molecule has 4 heteroatoms. The first-order valence-corrected chi connectivity index (χ1v) is 5.89. The highest BCUT2D eigenvalue weighted by atomic mass is 16.5. The van der Waals surface area contributed by atoms with Crippen molar-refractivity contribution in [1.29, 1.82) is 0 Å². The first-order valence-electron chi connectivity index (χ1n) is 5.89. The van der Waals surface area contributed by atoms with Crippen LogP contribution >= 0.6 is 0 Å². The van der Waals surface area contributed by atoms with Gasteiger partial charge in [-0.15, -0.1) is 0 Å². The maximum absolute atomic E-state index is 11.6. The Morgan fingerprint density at radius 2 is 1.83 bits per heavy atom. The van der Waals surface area contributed by atoms with Gasteiger partial charge in [0, 0.05) is 0 Å². The maximum atomic E-state index is 11.6. The van der Waals surface area contributed by atoms with E-state index in [4.69, 9.17) is 9.47 Å². The molecule has 0 aliphatic heterocycles. The molecule has 0 bridgehead atoms. The summed E-state index contributed by atoms with van der Waals surface area (Å²) in [5, 5.41) is 0. The summed E-state index contributed by atoms with van der Waals surface area (Å²) >= 11 is 0. The van der Waals surface area contributed by atoms with Crippen molar-refractivity contribution in [2.24, 2.45) is 0 Å². The van der Waals surface area contributed by atoms with Gasteiger partial charge in [-0.05, 0) is 44.5 Å². The molecule has 97 valence electrons. The van der Waals surface area contributed by atoms with Gasteiger partial charge in [-0.1, -0.05) is 6.92 Å². The zero-order chi connectivity index (χ0) is 13.5. The molecule has 0 N–H and O–H groups in total. The molecule has 0 heterocycles. The Morgan fingerprint density at radius 3 is 2.33 bits per heavy atom. The number of hydrogen-bond acceptors (Lipinski definition) is 4. The van der Waals surface area contributed by atoms with Crippen molar-refractivity contribution >= 4 is 11.9 Å². The third-order valence-corrected chi connectivity index (χ3v) is 2.02. The summed E-state index contributed by atoms with van der Waals surface area (Å²) in [6.45, 7) is 5.43. The van der Waals surface area contributed by atoms with Gasteiger partial charge in [-0.3, -0.25) is 4.79 Å². The van der Waals surface area contributed by atoms with Gasteiger partial charge in [0.1, 0.15) is 5.75 Å². The number of carbonyl (C=O) groups is 2. The molecular formula is C14H17O4. The number of ether oxygens (including phenoxy) is 2. The monoisotopic (exact) mass is 249 g/mol. The molecule has 1 aromatic rings. The lowest BCUT2D eigenvalue weighted by Crippen LogP contribution is -2.12. The molecular weight excluding hydrogens is 232 g/mol. The standard InChI is InChI=1S/C14H17O4/c1-4-5-13(15)18-12-8-6-11(7-9-12)14(16)17-10(2)3/h5-10H,4H2,1-3H3. The van der Waals surface area contributed by atoms with Crippen LogP contribution in [-0.2, 0) is 9.53 Å². The molecule has 0 saturated heterocycles. The lowest BCUT2D eigenvalue weighted by atomic mass is 10.2. The van der Waals surface area contributed by atoms with Crippen LogP contribution in [0.3, 0.4) is 0 Å². The Kier molecular flexibility index (Phi) is 5.36. The highest BCUT2D eigenvalue weighted by Gasteiger charge is 2.10. The average molecular weight is 249 g/mol. The Bertz CT molecular complexity index is 406. The number of hydrogen-bond donors (Lipinski definition) is 0. The van der Waals surface area contributed by atoms with Crippen LogP contribution in [-0.4, -0.2) is 18.0 Å². The number of esters is 2. The fraction of sp³-hybridized carbons (Fsp3) is 0.357. The van der Waals surface area contributed by atoms with Crippen LogP contribution in [0.4, 0.5) is 0 Å². The van der Waals surface area contributed by atoms with Crippen molar-refractivity contribution < 1.29 is 19.1 Å². The third-order valence-electron chi connectivity index (χ3n) is 2.02. The Balaban J connectivity index is 2.62. The maximum Gasteiger partial charge on any atom is 0.338 e. The lowest BCUT2D eigenvalue weighted by molar-refractivity contribution is -0.130. The Morgan fingerprint density at radius 1 is 1.22 bits per heavy atom. The van der Waals surface area contributed by atoms with E-state index in [0.717, 1.165) is 0 Å². The molecule has 1 aromatic carbocycles. The van der Waals surface area contributed by atoms with Gasteiger partial charge >= 0.3 is 11.9 Å². The van der Waals surface area contributed by atoms with Crippen LogP contribution in [0.15, 0.2) is 24.3 Å². The van der Waals surface area contributed by atoms with Gasteiger partial charge in [0.2, 0.25) is 0 Å². The summed E-state index contributed by atoms with van der Waals surface area (Å²) < 4.78 is 10.1. The molecule has 1 rings (SSSR count). The predicted molar refractivity (Wildman–Crippen MR) is 67.2 cm³/mol. The second kappa shape index (κ2) is 6.79. The molecule has 18 heavy (non-hydrogen) atoms. The SMILES string of the molecule is CC[CH]C(=O)Oc1ccc(C(=O)OC(C)C)cc1. The molecule has 0 amide bonds. The topological polar surface area (TPSA) is 52.6 Å². The molecule has 0 unspecified atom stereocenters. The second-order valence-corrected chi connectivity index (χ2v) is 4.01. The van der Waals surface area contributed by atoms with E-state index in [1.165, 1.54) is 6.42 Å². The van der Waals surface area contributed by atoms with E-state index in [9.17, 15) is 9.59 Å². The normalized spacial score (nSPS) is 10.2. The minimum Gasteiger partial charge on any atom is -0.459 e. The molecule has 0 aliphatic rings.